The molecule has 0 aromatic heterocycles. The van der Waals surface area contributed by atoms with Crippen molar-refractivity contribution in [3.63, 3.8) is 0 Å². The van der Waals surface area contributed by atoms with E-state index in [4.69, 9.17) is 5.11 Å². The Kier molecular flexibility index (Phi) is 5.53. The molecule has 2 aromatic carbocycles. The average Bonchev–Trinajstić information content (AvgIpc) is 2.78. The van der Waals surface area contributed by atoms with Gasteiger partial charge in [0, 0.05) is 5.57 Å². The third-order valence-electron chi connectivity index (χ3n) is 3.07. The molecule has 0 bridgehead atoms. The normalized spacial score (nSPS) is 10.2. The maximum Gasteiger partial charge on any atom is 0.330 e. The number of carbonyl (C=O) groups is 1. The lowest BCUT2D eigenvalue weighted by Gasteiger charge is -1.98. The molecule has 3 heteroatoms. The highest BCUT2D eigenvalue weighted by atomic mass is 35.5. The van der Waals surface area contributed by atoms with E-state index in [1.807, 2.05) is 0 Å². The Morgan fingerprint density at radius 2 is 1.35 bits per heavy atom. The molecule has 0 fully saturated rings. The first kappa shape index (κ1) is 16.0. The van der Waals surface area contributed by atoms with Crippen LogP contribution < -0.4 is 0 Å². The van der Waals surface area contributed by atoms with Crippen LogP contribution in [0.15, 0.2) is 60.7 Å². The standard InChI is InChI=1S/C13H10.C4H6O2.ClH/c1-3-7-12-10(5-1)9-11-6-2-4-8-13(11)12;1-3(2)4(5)6;/h1-8H,9H2;1H2,2H3,(H,5,6);1H. The van der Waals surface area contributed by atoms with Crippen LogP contribution in [0.3, 0.4) is 0 Å². The highest BCUT2D eigenvalue weighted by molar-refractivity contribution is 5.85. The number of carboxylic acid groups (broad SMARTS) is 1. The first-order chi connectivity index (χ1) is 9.09. The highest BCUT2D eigenvalue weighted by Crippen LogP contribution is 2.35. The number of aliphatic carboxylic acids is 1. The summed E-state index contributed by atoms with van der Waals surface area (Å²) in [6.07, 6.45) is 1.10. The maximum absolute atomic E-state index is 9.60. The molecular weight excluding hydrogens is 272 g/mol. The van der Waals surface area contributed by atoms with Crippen molar-refractivity contribution in [1.29, 1.82) is 0 Å². The molecule has 1 aliphatic carbocycles. The van der Waals surface area contributed by atoms with Gasteiger partial charge in [0.2, 0.25) is 0 Å². The summed E-state index contributed by atoms with van der Waals surface area (Å²) in [6, 6.07) is 17.3. The molecule has 0 unspecified atom stereocenters. The van der Waals surface area contributed by atoms with Gasteiger partial charge in [-0.05, 0) is 35.6 Å². The van der Waals surface area contributed by atoms with Crippen molar-refractivity contribution in [2.24, 2.45) is 0 Å². The molecule has 20 heavy (non-hydrogen) atoms. The molecule has 0 radical (unpaired) electrons. The lowest BCUT2D eigenvalue weighted by molar-refractivity contribution is -0.132. The van der Waals surface area contributed by atoms with E-state index in [-0.39, 0.29) is 18.0 Å². The largest absolute Gasteiger partial charge is 0.478 e. The van der Waals surface area contributed by atoms with Gasteiger partial charge in [0.1, 0.15) is 0 Å². The molecule has 2 aromatic rings. The van der Waals surface area contributed by atoms with Gasteiger partial charge in [0.05, 0.1) is 0 Å². The maximum atomic E-state index is 9.60. The molecule has 2 nitrogen and oxygen atoms in total. The zero-order valence-corrected chi connectivity index (χ0v) is 12.1. The lowest BCUT2D eigenvalue weighted by Crippen LogP contribution is -1.92. The Labute approximate surface area is 125 Å². The fraction of sp³-hybridized carbons (Fsp3) is 0.118. The molecule has 0 amide bonds. The van der Waals surface area contributed by atoms with Crippen LogP contribution in [0.2, 0.25) is 0 Å². The van der Waals surface area contributed by atoms with Gasteiger partial charge in [-0.15, -0.1) is 12.4 Å². The van der Waals surface area contributed by atoms with Gasteiger partial charge < -0.3 is 5.11 Å². The van der Waals surface area contributed by atoms with E-state index in [0.717, 1.165) is 6.42 Å². The summed E-state index contributed by atoms with van der Waals surface area (Å²) in [4.78, 5) is 9.60. The Balaban J connectivity index is 0.000000250. The van der Waals surface area contributed by atoms with Crippen LogP contribution in [-0.2, 0) is 11.2 Å². The van der Waals surface area contributed by atoms with Crippen molar-refractivity contribution < 1.29 is 9.90 Å². The number of hydrogen-bond acceptors (Lipinski definition) is 1. The second-order valence-corrected chi connectivity index (χ2v) is 4.58. The topological polar surface area (TPSA) is 37.3 Å². The SMILES string of the molecule is C=C(C)C(=O)O.Cl.c1ccc2c(c1)Cc1ccccc1-2. The number of benzene rings is 2. The molecule has 3 rings (SSSR count). The van der Waals surface area contributed by atoms with Crippen molar-refractivity contribution in [2.75, 3.05) is 0 Å². The third kappa shape index (κ3) is 3.49. The van der Waals surface area contributed by atoms with Crippen LogP contribution in [0.5, 0.6) is 0 Å². The summed E-state index contributed by atoms with van der Waals surface area (Å²) in [6.45, 7) is 4.60. The minimum atomic E-state index is -0.935. The molecule has 1 aliphatic rings. The number of hydrogen-bond donors (Lipinski definition) is 1. The van der Waals surface area contributed by atoms with Gasteiger partial charge in [0.15, 0.2) is 0 Å². The predicted molar refractivity (Wildman–Crippen MR) is 84.4 cm³/mol. The van der Waals surface area contributed by atoms with Crippen LogP contribution in [-0.4, -0.2) is 11.1 Å². The molecule has 0 heterocycles. The summed E-state index contributed by atoms with van der Waals surface area (Å²) >= 11 is 0. The molecule has 0 atom stereocenters. The van der Waals surface area contributed by atoms with E-state index in [0.29, 0.717) is 0 Å². The predicted octanol–water partition coefficient (Wildman–Crippen LogP) is 4.33. The quantitative estimate of drug-likeness (QED) is 0.677. The number of halogens is 1. The zero-order chi connectivity index (χ0) is 13.8. The van der Waals surface area contributed by atoms with E-state index in [9.17, 15) is 4.79 Å². The van der Waals surface area contributed by atoms with Gasteiger partial charge in [0.25, 0.3) is 0 Å². The molecule has 0 aliphatic heterocycles. The van der Waals surface area contributed by atoms with E-state index in [1.165, 1.54) is 29.2 Å². The smallest absolute Gasteiger partial charge is 0.330 e. The van der Waals surface area contributed by atoms with Gasteiger partial charge in [-0.1, -0.05) is 55.1 Å². The van der Waals surface area contributed by atoms with Crippen molar-refractivity contribution >= 4 is 18.4 Å². The summed E-state index contributed by atoms with van der Waals surface area (Å²) in [5.41, 5.74) is 5.93. The minimum absolute atomic E-state index is 0. The summed E-state index contributed by atoms with van der Waals surface area (Å²) < 4.78 is 0. The first-order valence-corrected chi connectivity index (χ1v) is 6.14. The molecule has 1 N–H and O–H groups in total. The van der Waals surface area contributed by atoms with Crippen LogP contribution in [0.25, 0.3) is 11.1 Å². The second kappa shape index (κ2) is 6.92. The van der Waals surface area contributed by atoms with Crippen molar-refractivity contribution in [1.82, 2.24) is 0 Å². The fourth-order valence-corrected chi connectivity index (χ4v) is 2.08. The second-order valence-electron chi connectivity index (χ2n) is 4.58. The van der Waals surface area contributed by atoms with Gasteiger partial charge >= 0.3 is 5.97 Å². The van der Waals surface area contributed by atoms with E-state index in [2.05, 4.69) is 55.1 Å². The molecule has 0 spiro atoms. The Morgan fingerprint density at radius 3 is 1.70 bits per heavy atom. The third-order valence-corrected chi connectivity index (χ3v) is 3.07. The van der Waals surface area contributed by atoms with Crippen LogP contribution >= 0.6 is 12.4 Å². The van der Waals surface area contributed by atoms with E-state index >= 15 is 0 Å². The van der Waals surface area contributed by atoms with Gasteiger partial charge in [-0.25, -0.2) is 4.79 Å². The first-order valence-electron chi connectivity index (χ1n) is 6.14. The number of carboxylic acids is 1. The summed E-state index contributed by atoms with van der Waals surface area (Å²) in [7, 11) is 0. The molecule has 104 valence electrons. The Bertz CT molecular complexity index is 577. The lowest BCUT2D eigenvalue weighted by atomic mass is 10.1. The van der Waals surface area contributed by atoms with Crippen LogP contribution in [0.4, 0.5) is 0 Å². The zero-order valence-electron chi connectivity index (χ0n) is 11.3. The van der Waals surface area contributed by atoms with Crippen LogP contribution in [0.1, 0.15) is 18.1 Å². The van der Waals surface area contributed by atoms with E-state index < -0.39 is 5.97 Å². The fourth-order valence-electron chi connectivity index (χ4n) is 2.08. The molecule has 0 saturated carbocycles. The molecule has 0 saturated heterocycles. The van der Waals surface area contributed by atoms with Crippen molar-refractivity contribution in [2.45, 2.75) is 13.3 Å². The van der Waals surface area contributed by atoms with Crippen molar-refractivity contribution in [3.05, 3.63) is 71.8 Å². The minimum Gasteiger partial charge on any atom is -0.478 e. The molecular formula is C17H17ClO2. The van der Waals surface area contributed by atoms with Crippen molar-refractivity contribution in [3.8, 4) is 11.1 Å². The number of rotatable bonds is 1. The van der Waals surface area contributed by atoms with Gasteiger partial charge in [-0.3, -0.25) is 0 Å². The van der Waals surface area contributed by atoms with Gasteiger partial charge in [-0.2, -0.15) is 0 Å². The average molecular weight is 289 g/mol. The summed E-state index contributed by atoms with van der Waals surface area (Å²) in [5.74, 6) is -0.935. The summed E-state index contributed by atoms with van der Waals surface area (Å²) in [5, 5.41) is 7.89. The Morgan fingerprint density at radius 1 is 1.00 bits per heavy atom. The monoisotopic (exact) mass is 288 g/mol. The Hall–Kier alpha value is -2.06. The number of fused-ring (bicyclic) bond motifs is 3. The highest BCUT2D eigenvalue weighted by Gasteiger charge is 2.15. The van der Waals surface area contributed by atoms with Crippen LogP contribution in [0, 0.1) is 0 Å². The van der Waals surface area contributed by atoms with E-state index in [1.54, 1.807) is 0 Å².